The van der Waals surface area contributed by atoms with E-state index in [2.05, 4.69) is 0 Å². The lowest BCUT2D eigenvalue weighted by molar-refractivity contribution is -0.192. The van der Waals surface area contributed by atoms with Gasteiger partial charge >= 0.3 is 0 Å². The summed E-state index contributed by atoms with van der Waals surface area (Å²) in [5.74, 6) is 0.0434. The molecule has 5 nitrogen and oxygen atoms in total. The Morgan fingerprint density at radius 1 is 0.657 bits per heavy atom. The van der Waals surface area contributed by atoms with Crippen LogP contribution in [0.15, 0.2) is 91.0 Å². The maximum atomic E-state index is 13.3. The van der Waals surface area contributed by atoms with Crippen molar-refractivity contribution in [1.82, 2.24) is 0 Å². The van der Waals surface area contributed by atoms with Crippen LogP contribution in [0.1, 0.15) is 36.0 Å². The average Bonchev–Trinajstić information content (AvgIpc) is 2.91. The highest BCUT2D eigenvalue weighted by molar-refractivity contribution is 5.84. The fourth-order valence-electron chi connectivity index (χ4n) is 4.47. The van der Waals surface area contributed by atoms with Gasteiger partial charge in [0.05, 0.1) is 25.9 Å². The van der Waals surface area contributed by atoms with Gasteiger partial charge in [0.2, 0.25) is 0 Å². The molecule has 0 N–H and O–H groups in total. The van der Waals surface area contributed by atoms with E-state index >= 15 is 0 Å². The number of hydrogen-bond acceptors (Lipinski definition) is 5. The van der Waals surface area contributed by atoms with Crippen LogP contribution in [0.25, 0.3) is 0 Å². The fourth-order valence-corrected chi connectivity index (χ4v) is 4.47. The van der Waals surface area contributed by atoms with E-state index in [0.29, 0.717) is 26.2 Å². The summed E-state index contributed by atoms with van der Waals surface area (Å²) in [4.78, 5) is 13.3. The molecule has 3 aromatic rings. The molecule has 0 amide bonds. The van der Waals surface area contributed by atoms with Crippen LogP contribution in [0.2, 0.25) is 0 Å². The Labute approximate surface area is 208 Å². The van der Waals surface area contributed by atoms with E-state index in [-0.39, 0.29) is 11.9 Å². The van der Waals surface area contributed by atoms with Crippen molar-refractivity contribution in [1.29, 1.82) is 0 Å². The molecule has 1 aliphatic carbocycles. The van der Waals surface area contributed by atoms with Crippen molar-refractivity contribution in [3.63, 3.8) is 0 Å². The highest BCUT2D eigenvalue weighted by Crippen LogP contribution is 2.28. The second-order valence-electron chi connectivity index (χ2n) is 8.87. The lowest BCUT2D eigenvalue weighted by Gasteiger charge is -2.38. The number of ether oxygens (including phenoxy) is 4. The molecule has 1 fully saturated rings. The van der Waals surface area contributed by atoms with Gasteiger partial charge in [0.1, 0.15) is 18.3 Å². The van der Waals surface area contributed by atoms with Gasteiger partial charge in [0, 0.05) is 13.5 Å². The maximum absolute atomic E-state index is 13.3. The first kappa shape index (κ1) is 25.3. The molecule has 0 aliphatic heterocycles. The molecule has 0 spiro atoms. The normalized spacial score (nSPS) is 22.9. The van der Waals surface area contributed by atoms with Crippen LogP contribution < -0.4 is 0 Å². The third-order valence-electron chi connectivity index (χ3n) is 6.36. The third-order valence-corrected chi connectivity index (χ3v) is 6.36. The van der Waals surface area contributed by atoms with E-state index in [1.165, 1.54) is 0 Å². The number of ketones is 1. The topological polar surface area (TPSA) is 54.0 Å². The zero-order valence-electron chi connectivity index (χ0n) is 20.3. The van der Waals surface area contributed by atoms with Crippen LogP contribution in [0.3, 0.4) is 0 Å². The van der Waals surface area contributed by atoms with Gasteiger partial charge in [-0.25, -0.2) is 0 Å². The summed E-state index contributed by atoms with van der Waals surface area (Å²) in [6, 6.07) is 29.9. The van der Waals surface area contributed by atoms with Crippen molar-refractivity contribution in [2.24, 2.45) is 0 Å². The third kappa shape index (κ3) is 7.33. The van der Waals surface area contributed by atoms with Crippen LogP contribution in [0.5, 0.6) is 0 Å². The molecule has 4 rings (SSSR count). The molecule has 0 aromatic heterocycles. The molecule has 0 unspecified atom stereocenters. The van der Waals surface area contributed by atoms with E-state index in [1.54, 1.807) is 7.11 Å². The van der Waals surface area contributed by atoms with Gasteiger partial charge in [-0.2, -0.15) is 0 Å². The Morgan fingerprint density at radius 2 is 1.11 bits per heavy atom. The largest absolute Gasteiger partial charge is 0.379 e. The quantitative estimate of drug-likeness (QED) is 0.388. The number of carbonyl (C=O) groups is 1. The summed E-state index contributed by atoms with van der Waals surface area (Å²) < 4.78 is 25.1. The number of benzene rings is 3. The van der Waals surface area contributed by atoms with Gasteiger partial charge in [-0.1, -0.05) is 91.0 Å². The summed E-state index contributed by atoms with van der Waals surface area (Å²) in [6.45, 7) is 1.08. The second kappa shape index (κ2) is 13.3. The smallest absolute Gasteiger partial charge is 0.164 e. The molecule has 1 aliphatic rings. The molecule has 3 aromatic carbocycles. The fraction of sp³-hybridized carbons (Fsp3) is 0.367. The molecular weight excluding hydrogens is 440 g/mol. The van der Waals surface area contributed by atoms with Crippen molar-refractivity contribution in [2.45, 2.75) is 63.5 Å². The number of Topliss-reactive ketones (excluding diaryl/α,β-unsaturated/α-hetero) is 1. The SMILES string of the molecule is CO[C@H]1CCCC(=O)[C@H](OCc2ccccc2)[C@@H](OCc2ccccc2)[C@@H]1OCc1ccccc1. The predicted molar refractivity (Wildman–Crippen MR) is 135 cm³/mol. The first-order valence-electron chi connectivity index (χ1n) is 12.3. The van der Waals surface area contributed by atoms with E-state index in [4.69, 9.17) is 18.9 Å². The van der Waals surface area contributed by atoms with Gasteiger partial charge in [0.25, 0.3) is 0 Å². The number of hydrogen-bond donors (Lipinski definition) is 0. The first-order chi connectivity index (χ1) is 17.2. The van der Waals surface area contributed by atoms with E-state index in [0.717, 1.165) is 29.5 Å². The van der Waals surface area contributed by atoms with Crippen LogP contribution in [-0.4, -0.2) is 37.3 Å². The van der Waals surface area contributed by atoms with Crippen LogP contribution >= 0.6 is 0 Å². The van der Waals surface area contributed by atoms with Crippen molar-refractivity contribution in [3.8, 4) is 0 Å². The highest BCUT2D eigenvalue weighted by atomic mass is 16.6. The van der Waals surface area contributed by atoms with Crippen molar-refractivity contribution < 1.29 is 23.7 Å². The minimum absolute atomic E-state index is 0.0434. The van der Waals surface area contributed by atoms with E-state index in [1.807, 2.05) is 91.0 Å². The van der Waals surface area contributed by atoms with Crippen molar-refractivity contribution in [3.05, 3.63) is 108 Å². The second-order valence-corrected chi connectivity index (χ2v) is 8.87. The van der Waals surface area contributed by atoms with Gasteiger partial charge < -0.3 is 18.9 Å². The minimum Gasteiger partial charge on any atom is -0.379 e. The molecule has 0 saturated heterocycles. The van der Waals surface area contributed by atoms with Crippen LogP contribution in [-0.2, 0) is 43.6 Å². The van der Waals surface area contributed by atoms with Crippen molar-refractivity contribution >= 4 is 5.78 Å². The molecule has 0 heterocycles. The number of methoxy groups -OCH3 is 1. The molecule has 1 saturated carbocycles. The van der Waals surface area contributed by atoms with Crippen molar-refractivity contribution in [2.75, 3.05) is 7.11 Å². The highest BCUT2D eigenvalue weighted by Gasteiger charge is 2.42. The summed E-state index contributed by atoms with van der Waals surface area (Å²) in [6.07, 6.45) is -0.171. The minimum atomic E-state index is -0.752. The zero-order chi connectivity index (χ0) is 24.3. The molecule has 4 atom stereocenters. The molecule has 0 bridgehead atoms. The van der Waals surface area contributed by atoms with Gasteiger partial charge in [-0.15, -0.1) is 0 Å². The lowest BCUT2D eigenvalue weighted by Crippen LogP contribution is -2.53. The van der Waals surface area contributed by atoms with E-state index in [9.17, 15) is 4.79 Å². The number of rotatable bonds is 10. The lowest BCUT2D eigenvalue weighted by atomic mass is 9.90. The molecule has 0 radical (unpaired) electrons. The molecular formula is C30H34O5. The molecule has 184 valence electrons. The summed E-state index contributed by atoms with van der Waals surface area (Å²) in [7, 11) is 1.70. The van der Waals surface area contributed by atoms with E-state index < -0.39 is 18.3 Å². The number of carbonyl (C=O) groups excluding carboxylic acids is 1. The summed E-state index contributed by atoms with van der Waals surface area (Å²) in [5, 5.41) is 0. The Hall–Kier alpha value is -2.83. The van der Waals surface area contributed by atoms with Crippen LogP contribution in [0, 0.1) is 0 Å². The maximum Gasteiger partial charge on any atom is 0.164 e. The molecule has 35 heavy (non-hydrogen) atoms. The Balaban J connectivity index is 1.60. The zero-order valence-corrected chi connectivity index (χ0v) is 20.3. The van der Waals surface area contributed by atoms with Crippen LogP contribution in [0.4, 0.5) is 0 Å². The molecule has 5 heteroatoms. The average molecular weight is 475 g/mol. The summed E-state index contributed by atoms with van der Waals surface area (Å²) >= 11 is 0. The predicted octanol–water partition coefficient (Wildman–Crippen LogP) is 5.51. The standard InChI is InChI=1S/C30H34O5/c1-32-27-19-11-18-26(31)28(33-20-23-12-5-2-6-13-23)30(35-22-25-16-9-4-10-17-25)29(27)34-21-24-14-7-3-8-15-24/h2-10,12-17,27-30H,11,18-22H2,1H3/t27-,28-,29+,30+/m0/s1. The Kier molecular flexibility index (Phi) is 9.61. The van der Waals surface area contributed by atoms with Gasteiger partial charge in [0.15, 0.2) is 5.78 Å². The van der Waals surface area contributed by atoms with Gasteiger partial charge in [-0.05, 0) is 29.5 Å². The Morgan fingerprint density at radius 3 is 1.60 bits per heavy atom. The monoisotopic (exact) mass is 474 g/mol. The first-order valence-corrected chi connectivity index (χ1v) is 12.3. The summed E-state index contributed by atoms with van der Waals surface area (Å²) in [5.41, 5.74) is 3.09. The Bertz CT molecular complexity index is 1010. The van der Waals surface area contributed by atoms with Gasteiger partial charge in [-0.3, -0.25) is 4.79 Å².